The molecule has 3 aromatic rings. The van der Waals surface area contributed by atoms with Crippen molar-refractivity contribution in [2.75, 3.05) is 19.7 Å². The average Bonchev–Trinajstić information content (AvgIpc) is 3.04. The number of nitrogens with zero attached hydrogens (tertiary/aromatic N) is 1. The minimum Gasteiger partial charge on any atom is -0.508 e. The van der Waals surface area contributed by atoms with Gasteiger partial charge in [0.1, 0.15) is 60.1 Å². The SMILES string of the molecule is CC(C)C[C@H](NC(=O)[C@H](Cc1ccc(O)cc1)NC(=O)CNC(=O)[C@H](CC(N)=O)NC(=O)[C@H](CC(C)C)NC(=O)[C@H](CCCN=C(N)N)NC(=O)[C@H](CC(=O)O)NC(=O)[C@H](CC(=O)O)NC(=O)[C@H](Cc1c[nH]c2ccccc12)NC(=O)[C@@H](N)CO)C(=O)O. The number of hydrogen-bond donors (Lipinski definition) is 19. The number of phenols is 1. The van der Waals surface area contributed by atoms with Gasteiger partial charge in [-0.2, -0.15) is 0 Å². The van der Waals surface area contributed by atoms with Crippen LogP contribution in [0.1, 0.15) is 83.8 Å². The van der Waals surface area contributed by atoms with Crippen LogP contribution in [0.3, 0.4) is 0 Å². The number of carbonyl (C=O) groups is 13. The van der Waals surface area contributed by atoms with Gasteiger partial charge in [0.15, 0.2) is 5.96 Å². The molecule has 23 N–H and O–H groups in total. The third-order valence-electron chi connectivity index (χ3n) is 13.0. The number of aliphatic hydroxyl groups is 1. The van der Waals surface area contributed by atoms with Crippen LogP contribution >= 0.6 is 0 Å². The molecule has 0 bridgehead atoms. The minimum atomic E-state index is -2.11. The van der Waals surface area contributed by atoms with Crippen molar-refractivity contribution in [1.82, 2.24) is 52.8 Å². The fraction of sp³-hybridized carbons (Fsp3) is 0.491. The highest BCUT2D eigenvalue weighted by Crippen LogP contribution is 2.20. The van der Waals surface area contributed by atoms with Gasteiger partial charge in [-0.3, -0.25) is 62.5 Å². The molecule has 33 heteroatoms. The van der Waals surface area contributed by atoms with Crippen LogP contribution < -0.4 is 70.8 Å². The zero-order valence-electron chi connectivity index (χ0n) is 48.8. The van der Waals surface area contributed by atoms with Gasteiger partial charge in [-0.25, -0.2) is 4.79 Å². The second-order valence-corrected chi connectivity index (χ2v) is 21.4. The Hall–Kier alpha value is -9.92. The molecule has 0 aliphatic heterocycles. The lowest BCUT2D eigenvalue weighted by molar-refractivity contribution is -0.143. The van der Waals surface area contributed by atoms with E-state index in [-0.39, 0.29) is 62.7 Å². The number of nitrogens with one attached hydrogen (secondary N) is 10. The van der Waals surface area contributed by atoms with Crippen molar-refractivity contribution < 1.29 is 87.9 Å². The number of amides is 10. The normalized spacial score (nSPS) is 14.1. The first kappa shape index (κ1) is 72.3. The molecule has 88 heavy (non-hydrogen) atoms. The number of carboxylic acids is 3. The molecule has 0 aliphatic rings. The summed E-state index contributed by atoms with van der Waals surface area (Å²) in [4.78, 5) is 179. The second-order valence-electron chi connectivity index (χ2n) is 21.4. The Labute approximate surface area is 504 Å². The van der Waals surface area contributed by atoms with E-state index in [1.54, 1.807) is 52.0 Å². The van der Waals surface area contributed by atoms with Crippen molar-refractivity contribution in [2.45, 2.75) is 140 Å². The molecule has 10 amide bonds. The van der Waals surface area contributed by atoms with Crippen molar-refractivity contribution in [3.8, 4) is 5.75 Å². The number of aromatic hydroxyl groups is 1. The van der Waals surface area contributed by atoms with Gasteiger partial charge >= 0.3 is 17.9 Å². The van der Waals surface area contributed by atoms with Crippen LogP contribution in [0.4, 0.5) is 0 Å². The number of aromatic amines is 1. The van der Waals surface area contributed by atoms with Gasteiger partial charge in [0.2, 0.25) is 59.1 Å². The molecule has 0 radical (unpaired) electrons. The first-order chi connectivity index (χ1) is 41.4. The average molecular weight is 1240 g/mol. The van der Waals surface area contributed by atoms with Crippen LogP contribution in [0.25, 0.3) is 10.9 Å². The fourth-order valence-electron chi connectivity index (χ4n) is 8.68. The van der Waals surface area contributed by atoms with E-state index in [9.17, 15) is 87.9 Å². The Kier molecular flexibility index (Phi) is 29.2. The fourth-order valence-corrected chi connectivity index (χ4v) is 8.68. The number of nitrogens with two attached hydrogens (primary N) is 4. The van der Waals surface area contributed by atoms with Crippen LogP contribution in [0, 0.1) is 11.8 Å². The summed E-state index contributed by atoms with van der Waals surface area (Å²) in [5, 5.41) is 70.2. The topological polar surface area (TPSA) is 564 Å². The van der Waals surface area contributed by atoms with E-state index < -0.39 is 170 Å². The monoisotopic (exact) mass is 1240 g/mol. The van der Waals surface area contributed by atoms with E-state index >= 15 is 0 Å². The maximum absolute atomic E-state index is 14.3. The third kappa shape index (κ3) is 25.3. The zero-order chi connectivity index (χ0) is 65.9. The van der Waals surface area contributed by atoms with E-state index in [2.05, 4.69) is 57.8 Å². The maximum Gasteiger partial charge on any atom is 0.326 e. The summed E-state index contributed by atoms with van der Waals surface area (Å²) in [5.74, 6) is -17.0. The molecule has 0 saturated carbocycles. The summed E-state index contributed by atoms with van der Waals surface area (Å²) >= 11 is 0. The Bertz CT molecular complexity index is 3000. The number of carboxylic acid groups (broad SMARTS) is 3. The first-order valence-electron chi connectivity index (χ1n) is 27.8. The quantitative estimate of drug-likeness (QED) is 0.0145. The summed E-state index contributed by atoms with van der Waals surface area (Å²) in [6, 6.07) is -2.72. The smallest absolute Gasteiger partial charge is 0.326 e. The third-order valence-corrected chi connectivity index (χ3v) is 13.0. The molecule has 33 nitrogen and oxygen atoms in total. The minimum absolute atomic E-state index is 0.0384. The van der Waals surface area contributed by atoms with Crippen molar-refractivity contribution in [1.29, 1.82) is 0 Å². The standard InChI is InChI=1S/C55H79N15O18/c1-26(2)16-35(49(82)67-38(20-42(57)73)47(80)62-24-43(74)63-36(18-28-11-13-30(72)14-12-28)50(83)70-41(54(87)88)17-27(3)4)66-48(81)34(10-7-15-60-55(58)59)64-52(85)39(21-44(75)76)69-53(86)40(22-45(77)78)68-51(84)37(65-46(79)32(56)25-71)19-29-23-61-33-9-6-5-8-31(29)33/h5-6,8-9,11-14,23,26-27,32,34-41,61,71-72H,7,10,15-22,24-25,56H2,1-4H3,(H2,57,73)(H,62,80)(H,63,74)(H,64,85)(H,65,79)(H,66,81)(H,67,82)(H,68,84)(H,69,86)(H,70,83)(H,75,76)(H,77,78)(H,87,88)(H4,58,59,60)/t32-,34-,35-,36-,37-,38-,39-,40-,41-/m0/s1. The summed E-state index contributed by atoms with van der Waals surface area (Å²) in [6.45, 7) is 4.89. The van der Waals surface area contributed by atoms with Gasteiger partial charge in [-0.05, 0) is 66.8 Å². The number of carbonyl (C=O) groups excluding carboxylic acids is 10. The number of aliphatic carboxylic acids is 3. The second kappa shape index (κ2) is 35.5. The molecule has 482 valence electrons. The number of hydrogen-bond acceptors (Lipinski definition) is 17. The lowest BCUT2D eigenvalue weighted by Gasteiger charge is -2.27. The number of primary amides is 1. The number of aliphatic imine (C=N–C) groups is 1. The lowest BCUT2D eigenvalue weighted by atomic mass is 10.0. The van der Waals surface area contributed by atoms with E-state index in [1.807, 2.05) is 0 Å². The molecule has 3 rings (SSSR count). The molecule has 1 heterocycles. The van der Waals surface area contributed by atoms with E-state index in [0.717, 1.165) is 0 Å². The highest BCUT2D eigenvalue weighted by Gasteiger charge is 2.36. The number of rotatable bonds is 38. The first-order valence-corrected chi connectivity index (χ1v) is 27.8. The van der Waals surface area contributed by atoms with Crippen LogP contribution in [-0.2, 0) is 75.2 Å². The van der Waals surface area contributed by atoms with Gasteiger partial charge in [0.05, 0.1) is 32.4 Å². The Morgan fingerprint density at radius 2 is 1.01 bits per heavy atom. The van der Waals surface area contributed by atoms with E-state index in [4.69, 9.17) is 22.9 Å². The predicted molar refractivity (Wildman–Crippen MR) is 312 cm³/mol. The summed E-state index contributed by atoms with van der Waals surface area (Å²) in [5.41, 5.74) is 23.6. The maximum atomic E-state index is 14.3. The number of fused-ring (bicyclic) bond motifs is 1. The number of aromatic nitrogens is 1. The highest BCUT2D eigenvalue weighted by atomic mass is 16.4. The summed E-state index contributed by atoms with van der Waals surface area (Å²) < 4.78 is 0. The van der Waals surface area contributed by atoms with Crippen molar-refractivity contribution >= 4 is 93.8 Å². The molecule has 1 aromatic heterocycles. The van der Waals surface area contributed by atoms with Crippen molar-refractivity contribution in [3.05, 3.63) is 65.9 Å². The molecule has 0 spiro atoms. The lowest BCUT2D eigenvalue weighted by Crippen LogP contribution is -2.61. The van der Waals surface area contributed by atoms with Crippen molar-refractivity contribution in [2.24, 2.45) is 39.8 Å². The molecule has 0 saturated heterocycles. The van der Waals surface area contributed by atoms with Gasteiger partial charge in [0.25, 0.3) is 0 Å². The zero-order valence-corrected chi connectivity index (χ0v) is 48.8. The van der Waals surface area contributed by atoms with E-state index in [0.29, 0.717) is 22.0 Å². The number of phenolic OH excluding ortho intramolecular Hbond substituents is 1. The highest BCUT2D eigenvalue weighted by molar-refractivity contribution is 6.00. The van der Waals surface area contributed by atoms with Gasteiger partial charge in [-0.1, -0.05) is 58.0 Å². The molecule has 0 unspecified atom stereocenters. The number of benzene rings is 2. The predicted octanol–water partition coefficient (Wildman–Crippen LogP) is -4.97. The molecular formula is C55H79N15O18. The summed E-state index contributed by atoms with van der Waals surface area (Å²) in [7, 11) is 0. The summed E-state index contributed by atoms with van der Waals surface area (Å²) in [6.07, 6.45) is -2.72. The molecule has 9 atom stereocenters. The number of H-pyrrole nitrogens is 1. The number of para-hydroxylation sites is 1. The van der Waals surface area contributed by atoms with Crippen LogP contribution in [0.2, 0.25) is 0 Å². The van der Waals surface area contributed by atoms with Crippen molar-refractivity contribution in [3.63, 3.8) is 0 Å². The molecule has 0 fully saturated rings. The number of guanidine groups is 1. The van der Waals surface area contributed by atoms with E-state index in [1.165, 1.54) is 30.5 Å². The molecule has 0 aliphatic carbocycles. The van der Waals surface area contributed by atoms with Crippen LogP contribution in [0.15, 0.2) is 59.7 Å². The van der Waals surface area contributed by atoms with Gasteiger partial charge in [0, 0.05) is 36.5 Å². The Morgan fingerprint density at radius 3 is 1.53 bits per heavy atom. The Balaban J connectivity index is 1.88. The van der Waals surface area contributed by atoms with Crippen LogP contribution in [-0.4, -0.2) is 188 Å². The Morgan fingerprint density at radius 1 is 0.545 bits per heavy atom. The number of aliphatic hydroxyl groups excluding tert-OH is 1. The molecule has 2 aromatic carbocycles. The van der Waals surface area contributed by atoms with Crippen LogP contribution in [0.5, 0.6) is 5.75 Å². The van der Waals surface area contributed by atoms with Gasteiger partial charge in [-0.15, -0.1) is 0 Å². The largest absolute Gasteiger partial charge is 0.508 e. The van der Waals surface area contributed by atoms with Gasteiger partial charge < -0.3 is 101 Å². The molecular weight excluding hydrogens is 1160 g/mol.